The highest BCUT2D eigenvalue weighted by molar-refractivity contribution is 7.92. The second-order valence-electron chi connectivity index (χ2n) is 6.16. The Morgan fingerprint density at radius 1 is 0.808 bits per heavy atom. The third kappa shape index (κ3) is 3.83. The van der Waals surface area contributed by atoms with Gasteiger partial charge in [-0.05, 0) is 38.1 Å². The summed E-state index contributed by atoms with van der Waals surface area (Å²) < 4.78 is 27.9. The van der Waals surface area contributed by atoms with Crippen molar-refractivity contribution in [1.29, 1.82) is 0 Å². The van der Waals surface area contributed by atoms with Crippen molar-refractivity contribution >= 4 is 21.5 Å². The van der Waals surface area contributed by atoms with E-state index in [9.17, 15) is 13.2 Å². The predicted molar refractivity (Wildman–Crippen MR) is 103 cm³/mol. The molecule has 0 amide bonds. The lowest BCUT2D eigenvalue weighted by Gasteiger charge is -2.13. The summed E-state index contributed by atoms with van der Waals surface area (Å²) in [5, 5.41) is 0. The number of anilines is 1. The van der Waals surface area contributed by atoms with Crippen LogP contribution < -0.4 is 4.72 Å². The Balaban J connectivity index is 2.01. The van der Waals surface area contributed by atoms with Gasteiger partial charge in [0.2, 0.25) is 0 Å². The van der Waals surface area contributed by atoms with Crippen molar-refractivity contribution in [2.75, 3.05) is 4.72 Å². The SMILES string of the molecule is Cc1ccc(S(=O)(=O)Nc2ccc(C)cc2C(=O)c2ccccc2)cc1. The van der Waals surface area contributed by atoms with E-state index in [1.54, 1.807) is 66.7 Å². The lowest BCUT2D eigenvalue weighted by molar-refractivity contribution is 0.103. The van der Waals surface area contributed by atoms with Gasteiger partial charge in [-0.15, -0.1) is 0 Å². The third-order valence-electron chi connectivity index (χ3n) is 4.03. The maximum absolute atomic E-state index is 12.9. The summed E-state index contributed by atoms with van der Waals surface area (Å²) in [6.45, 7) is 3.75. The van der Waals surface area contributed by atoms with Gasteiger partial charge in [0.05, 0.1) is 10.6 Å². The van der Waals surface area contributed by atoms with Crippen LogP contribution in [0.3, 0.4) is 0 Å². The number of carbonyl (C=O) groups excluding carboxylic acids is 1. The fourth-order valence-corrected chi connectivity index (χ4v) is 3.68. The summed E-state index contributed by atoms with van der Waals surface area (Å²) >= 11 is 0. The highest BCUT2D eigenvalue weighted by Crippen LogP contribution is 2.24. The first-order valence-corrected chi connectivity index (χ1v) is 9.65. The molecule has 132 valence electrons. The highest BCUT2D eigenvalue weighted by Gasteiger charge is 2.19. The van der Waals surface area contributed by atoms with Gasteiger partial charge >= 0.3 is 0 Å². The van der Waals surface area contributed by atoms with E-state index in [0.717, 1.165) is 11.1 Å². The van der Waals surface area contributed by atoms with Crippen LogP contribution in [0.5, 0.6) is 0 Å². The minimum Gasteiger partial charge on any atom is -0.289 e. The fourth-order valence-electron chi connectivity index (χ4n) is 2.60. The minimum absolute atomic E-state index is 0.154. The van der Waals surface area contributed by atoms with Gasteiger partial charge < -0.3 is 0 Å². The molecule has 26 heavy (non-hydrogen) atoms. The maximum Gasteiger partial charge on any atom is 0.261 e. The molecule has 0 saturated carbocycles. The average molecular weight is 365 g/mol. The molecule has 0 heterocycles. The van der Waals surface area contributed by atoms with Crippen molar-refractivity contribution < 1.29 is 13.2 Å². The van der Waals surface area contributed by atoms with Gasteiger partial charge in [-0.1, -0.05) is 59.7 Å². The smallest absolute Gasteiger partial charge is 0.261 e. The Bertz CT molecular complexity index is 1040. The Labute approximate surface area is 153 Å². The van der Waals surface area contributed by atoms with Crippen LogP contribution in [-0.2, 0) is 10.0 Å². The molecule has 0 aliphatic carbocycles. The maximum atomic E-state index is 12.9. The van der Waals surface area contributed by atoms with E-state index < -0.39 is 10.0 Å². The number of rotatable bonds is 5. The summed E-state index contributed by atoms with van der Waals surface area (Å²) in [6, 6.07) is 20.5. The first kappa shape index (κ1) is 17.9. The molecule has 0 aliphatic rings. The van der Waals surface area contributed by atoms with Crippen LogP contribution in [0.1, 0.15) is 27.0 Å². The van der Waals surface area contributed by atoms with Crippen LogP contribution in [0.15, 0.2) is 77.7 Å². The summed E-state index contributed by atoms with van der Waals surface area (Å²) in [4.78, 5) is 13.0. The van der Waals surface area contributed by atoms with Crippen molar-refractivity contribution in [1.82, 2.24) is 0 Å². The Hall–Kier alpha value is -2.92. The van der Waals surface area contributed by atoms with Crippen molar-refractivity contribution in [3.8, 4) is 0 Å². The summed E-state index contributed by atoms with van der Waals surface area (Å²) in [6.07, 6.45) is 0. The van der Waals surface area contributed by atoms with Crippen LogP contribution in [0.2, 0.25) is 0 Å². The molecule has 5 heteroatoms. The Kier molecular flexibility index (Phi) is 4.91. The van der Waals surface area contributed by atoms with Gasteiger partial charge in [-0.2, -0.15) is 0 Å². The van der Waals surface area contributed by atoms with Crippen molar-refractivity contribution in [3.63, 3.8) is 0 Å². The van der Waals surface area contributed by atoms with E-state index in [-0.39, 0.29) is 16.4 Å². The normalized spacial score (nSPS) is 11.2. The largest absolute Gasteiger partial charge is 0.289 e. The quantitative estimate of drug-likeness (QED) is 0.684. The number of hydrogen-bond acceptors (Lipinski definition) is 3. The van der Waals surface area contributed by atoms with Gasteiger partial charge in [-0.25, -0.2) is 8.42 Å². The Morgan fingerprint density at radius 3 is 2.08 bits per heavy atom. The van der Waals surface area contributed by atoms with Crippen LogP contribution in [0.4, 0.5) is 5.69 Å². The lowest BCUT2D eigenvalue weighted by Crippen LogP contribution is -2.16. The van der Waals surface area contributed by atoms with Crippen LogP contribution >= 0.6 is 0 Å². The lowest BCUT2D eigenvalue weighted by atomic mass is 10.00. The second-order valence-corrected chi connectivity index (χ2v) is 7.85. The van der Waals surface area contributed by atoms with Gasteiger partial charge in [0.1, 0.15) is 0 Å². The minimum atomic E-state index is -3.78. The molecule has 0 fully saturated rings. The van der Waals surface area contributed by atoms with Crippen LogP contribution in [0, 0.1) is 13.8 Å². The average Bonchev–Trinajstić information content (AvgIpc) is 2.63. The number of nitrogens with one attached hydrogen (secondary N) is 1. The van der Waals surface area contributed by atoms with Crippen LogP contribution in [-0.4, -0.2) is 14.2 Å². The highest BCUT2D eigenvalue weighted by atomic mass is 32.2. The summed E-state index contributed by atoms with van der Waals surface area (Å²) in [5.74, 6) is -0.226. The molecular weight excluding hydrogens is 346 g/mol. The zero-order valence-corrected chi connectivity index (χ0v) is 15.4. The molecule has 3 aromatic carbocycles. The number of hydrogen-bond donors (Lipinski definition) is 1. The Morgan fingerprint density at radius 2 is 1.42 bits per heavy atom. The second kappa shape index (κ2) is 7.14. The van der Waals surface area contributed by atoms with Crippen LogP contribution in [0.25, 0.3) is 0 Å². The number of aryl methyl sites for hydroxylation is 2. The molecule has 3 rings (SSSR count). The van der Waals surface area contributed by atoms with E-state index in [4.69, 9.17) is 0 Å². The van der Waals surface area contributed by atoms with Crippen molar-refractivity contribution in [3.05, 3.63) is 95.1 Å². The molecule has 0 radical (unpaired) electrons. The molecule has 0 aromatic heterocycles. The number of sulfonamides is 1. The molecule has 0 aliphatic heterocycles. The molecule has 0 unspecified atom stereocenters. The van der Waals surface area contributed by atoms with E-state index in [1.165, 1.54) is 0 Å². The van der Waals surface area contributed by atoms with Gasteiger partial charge in [0, 0.05) is 11.1 Å². The molecule has 0 atom stereocenters. The number of ketones is 1. The molecular formula is C21H19NO3S. The van der Waals surface area contributed by atoms with Gasteiger partial charge in [0.15, 0.2) is 5.78 Å². The fraction of sp³-hybridized carbons (Fsp3) is 0.0952. The number of benzene rings is 3. The molecule has 1 N–H and O–H groups in total. The standard InChI is InChI=1S/C21H19NO3S/c1-15-8-11-18(12-9-15)26(24,25)22-20-13-10-16(2)14-19(20)21(23)17-6-4-3-5-7-17/h3-14,22H,1-2H3. The zero-order chi connectivity index (χ0) is 18.7. The first-order valence-electron chi connectivity index (χ1n) is 8.17. The molecule has 0 bridgehead atoms. The molecule has 3 aromatic rings. The monoisotopic (exact) mass is 365 g/mol. The number of carbonyl (C=O) groups is 1. The first-order chi connectivity index (χ1) is 12.4. The van der Waals surface area contributed by atoms with E-state index >= 15 is 0 Å². The zero-order valence-electron chi connectivity index (χ0n) is 14.6. The van der Waals surface area contributed by atoms with Crippen molar-refractivity contribution in [2.24, 2.45) is 0 Å². The predicted octanol–water partition coefficient (Wildman–Crippen LogP) is 4.34. The third-order valence-corrected chi connectivity index (χ3v) is 5.41. The molecule has 4 nitrogen and oxygen atoms in total. The van der Waals surface area contributed by atoms with E-state index in [0.29, 0.717) is 11.1 Å². The molecule has 0 spiro atoms. The summed E-state index contributed by atoms with van der Waals surface area (Å²) in [5.41, 5.74) is 2.95. The van der Waals surface area contributed by atoms with Gasteiger partial charge in [0.25, 0.3) is 10.0 Å². The van der Waals surface area contributed by atoms with Gasteiger partial charge in [-0.3, -0.25) is 9.52 Å². The van der Waals surface area contributed by atoms with E-state index in [2.05, 4.69) is 4.72 Å². The van der Waals surface area contributed by atoms with Crippen molar-refractivity contribution in [2.45, 2.75) is 18.7 Å². The topological polar surface area (TPSA) is 63.2 Å². The van der Waals surface area contributed by atoms with E-state index in [1.807, 2.05) is 19.9 Å². The molecule has 0 saturated heterocycles. The summed E-state index contributed by atoms with van der Waals surface area (Å²) in [7, 11) is -3.78.